The van der Waals surface area contributed by atoms with Crippen molar-refractivity contribution in [3.05, 3.63) is 88.9 Å². The standard InChI is InChI=1S/C30H36ClN3O5S/c1-21(2)18-32-30(36)23(4)33(19-24-9-6-8-22(3)16-24)29(35)20-34(26-11-7-10-25(31)17-26)40(37,38)28-14-12-27(39-5)13-15-28/h6-17,21,23H,18-20H2,1-5H3,(H,32,36)/t23-/m1/s1. The number of rotatable bonds is 12. The smallest absolute Gasteiger partial charge is 0.264 e. The van der Waals surface area contributed by atoms with Gasteiger partial charge in [0.2, 0.25) is 11.8 Å². The van der Waals surface area contributed by atoms with E-state index in [9.17, 15) is 18.0 Å². The van der Waals surface area contributed by atoms with Crippen LogP contribution in [0.25, 0.3) is 0 Å². The molecule has 0 heterocycles. The zero-order valence-electron chi connectivity index (χ0n) is 23.4. The molecule has 3 aromatic carbocycles. The number of carbonyl (C=O) groups is 2. The fourth-order valence-corrected chi connectivity index (χ4v) is 5.67. The molecule has 0 aliphatic carbocycles. The molecule has 1 atom stereocenters. The largest absolute Gasteiger partial charge is 0.497 e. The van der Waals surface area contributed by atoms with Crippen LogP contribution in [-0.2, 0) is 26.2 Å². The third-order valence-corrected chi connectivity index (χ3v) is 8.33. The molecule has 0 aliphatic heterocycles. The van der Waals surface area contributed by atoms with E-state index < -0.39 is 28.5 Å². The third kappa shape index (κ3) is 7.99. The Morgan fingerprint density at radius 1 is 0.975 bits per heavy atom. The Kier molecular flexibility index (Phi) is 10.6. The number of aryl methyl sites for hydroxylation is 1. The number of nitrogens with zero attached hydrogens (tertiary/aromatic N) is 2. The minimum atomic E-state index is -4.20. The van der Waals surface area contributed by atoms with Crippen LogP contribution >= 0.6 is 11.6 Å². The third-order valence-electron chi connectivity index (χ3n) is 6.31. The highest BCUT2D eigenvalue weighted by Gasteiger charge is 2.32. The zero-order chi connectivity index (χ0) is 29.4. The summed E-state index contributed by atoms with van der Waals surface area (Å²) >= 11 is 6.21. The first kappa shape index (κ1) is 31.0. The Hall–Kier alpha value is -3.56. The second-order valence-electron chi connectivity index (χ2n) is 9.99. The molecule has 0 radical (unpaired) electrons. The lowest BCUT2D eigenvalue weighted by Gasteiger charge is -2.32. The summed E-state index contributed by atoms with van der Waals surface area (Å²) in [7, 11) is -2.71. The quantitative estimate of drug-likeness (QED) is 0.321. The SMILES string of the molecule is COc1ccc(S(=O)(=O)N(CC(=O)N(Cc2cccc(C)c2)[C@H](C)C(=O)NCC(C)C)c2cccc(Cl)c2)cc1. The van der Waals surface area contributed by atoms with Crippen LogP contribution in [0.4, 0.5) is 5.69 Å². The molecule has 0 saturated heterocycles. The summed E-state index contributed by atoms with van der Waals surface area (Å²) in [4.78, 5) is 28.4. The van der Waals surface area contributed by atoms with Crippen molar-refractivity contribution >= 4 is 39.1 Å². The van der Waals surface area contributed by atoms with Gasteiger partial charge in [0.15, 0.2) is 0 Å². The van der Waals surface area contributed by atoms with Gasteiger partial charge in [-0.1, -0.05) is 61.3 Å². The molecule has 0 bridgehead atoms. The van der Waals surface area contributed by atoms with Crippen molar-refractivity contribution in [3.8, 4) is 5.75 Å². The number of methoxy groups -OCH3 is 1. The Bertz CT molecular complexity index is 1430. The molecule has 10 heteroatoms. The van der Waals surface area contributed by atoms with Crippen LogP contribution in [0.15, 0.2) is 77.7 Å². The van der Waals surface area contributed by atoms with Gasteiger partial charge in [0.05, 0.1) is 17.7 Å². The molecular weight excluding hydrogens is 550 g/mol. The molecule has 0 aromatic heterocycles. The topological polar surface area (TPSA) is 96.0 Å². The maximum atomic E-state index is 14.0. The molecule has 3 rings (SSSR count). The molecule has 0 fully saturated rings. The number of hydrogen-bond donors (Lipinski definition) is 1. The highest BCUT2D eigenvalue weighted by Crippen LogP contribution is 2.28. The van der Waals surface area contributed by atoms with Gasteiger partial charge in [-0.2, -0.15) is 0 Å². The van der Waals surface area contributed by atoms with Gasteiger partial charge in [-0.3, -0.25) is 13.9 Å². The average Bonchev–Trinajstić information content (AvgIpc) is 2.92. The lowest BCUT2D eigenvalue weighted by molar-refractivity contribution is -0.139. The van der Waals surface area contributed by atoms with Gasteiger partial charge < -0.3 is 15.0 Å². The molecule has 40 heavy (non-hydrogen) atoms. The van der Waals surface area contributed by atoms with E-state index in [0.717, 1.165) is 15.4 Å². The van der Waals surface area contributed by atoms with Crippen LogP contribution in [0.3, 0.4) is 0 Å². The van der Waals surface area contributed by atoms with E-state index in [1.54, 1.807) is 25.1 Å². The summed E-state index contributed by atoms with van der Waals surface area (Å²) in [6.07, 6.45) is 0. The number of ether oxygens (including phenoxy) is 1. The number of benzene rings is 3. The summed E-state index contributed by atoms with van der Waals surface area (Å²) < 4.78 is 33.9. The second-order valence-corrected chi connectivity index (χ2v) is 12.3. The number of hydrogen-bond acceptors (Lipinski definition) is 5. The summed E-state index contributed by atoms with van der Waals surface area (Å²) in [6, 6.07) is 19.0. The van der Waals surface area contributed by atoms with E-state index in [1.165, 1.54) is 42.3 Å². The molecule has 0 saturated carbocycles. The van der Waals surface area contributed by atoms with Crippen molar-refractivity contribution in [2.75, 3.05) is 24.5 Å². The number of halogens is 1. The van der Waals surface area contributed by atoms with Crippen LogP contribution in [0.5, 0.6) is 5.75 Å². The van der Waals surface area contributed by atoms with E-state index in [0.29, 0.717) is 17.3 Å². The van der Waals surface area contributed by atoms with Crippen LogP contribution < -0.4 is 14.4 Å². The lowest BCUT2D eigenvalue weighted by Crippen LogP contribution is -2.51. The first-order chi connectivity index (χ1) is 18.9. The molecule has 1 N–H and O–H groups in total. The fraction of sp³-hybridized carbons (Fsp3) is 0.333. The van der Waals surface area contributed by atoms with E-state index >= 15 is 0 Å². The molecule has 2 amide bonds. The van der Waals surface area contributed by atoms with Crippen molar-refractivity contribution in [1.29, 1.82) is 0 Å². The summed E-state index contributed by atoms with van der Waals surface area (Å²) in [5, 5.41) is 3.20. The van der Waals surface area contributed by atoms with Gasteiger partial charge >= 0.3 is 0 Å². The maximum Gasteiger partial charge on any atom is 0.264 e. The predicted octanol–water partition coefficient (Wildman–Crippen LogP) is 5.04. The summed E-state index contributed by atoms with van der Waals surface area (Å²) in [6.45, 7) is 7.59. The van der Waals surface area contributed by atoms with Gasteiger partial charge in [-0.15, -0.1) is 0 Å². The van der Waals surface area contributed by atoms with Gasteiger partial charge in [-0.25, -0.2) is 8.42 Å². The second kappa shape index (κ2) is 13.7. The normalized spacial score (nSPS) is 12.1. The van der Waals surface area contributed by atoms with Crippen molar-refractivity contribution in [2.45, 2.75) is 45.2 Å². The average molecular weight is 586 g/mol. The van der Waals surface area contributed by atoms with Crippen LogP contribution in [0, 0.1) is 12.8 Å². The van der Waals surface area contributed by atoms with Gasteiger partial charge in [-0.05, 0) is 67.8 Å². The molecule has 0 spiro atoms. The van der Waals surface area contributed by atoms with Crippen LogP contribution in [-0.4, -0.2) is 51.4 Å². The number of nitrogens with one attached hydrogen (secondary N) is 1. The zero-order valence-corrected chi connectivity index (χ0v) is 25.0. The number of anilines is 1. The van der Waals surface area contributed by atoms with Crippen LogP contribution in [0.2, 0.25) is 5.02 Å². The van der Waals surface area contributed by atoms with E-state index in [4.69, 9.17) is 16.3 Å². The number of carbonyl (C=O) groups excluding carboxylic acids is 2. The summed E-state index contributed by atoms with van der Waals surface area (Å²) in [5.74, 6) is -0.132. The minimum absolute atomic E-state index is 0.0194. The molecule has 8 nitrogen and oxygen atoms in total. The van der Waals surface area contributed by atoms with Crippen molar-refractivity contribution < 1.29 is 22.7 Å². The van der Waals surface area contributed by atoms with Gasteiger partial charge in [0.1, 0.15) is 18.3 Å². The monoisotopic (exact) mass is 585 g/mol. The van der Waals surface area contributed by atoms with E-state index in [1.807, 2.05) is 45.0 Å². The number of amides is 2. The molecule has 3 aromatic rings. The van der Waals surface area contributed by atoms with Crippen LogP contribution in [0.1, 0.15) is 31.9 Å². The molecule has 214 valence electrons. The lowest BCUT2D eigenvalue weighted by atomic mass is 10.1. The fourth-order valence-electron chi connectivity index (χ4n) is 4.08. The minimum Gasteiger partial charge on any atom is -0.497 e. The van der Waals surface area contributed by atoms with Crippen molar-refractivity contribution in [3.63, 3.8) is 0 Å². The first-order valence-electron chi connectivity index (χ1n) is 13.0. The Morgan fingerprint density at radius 2 is 1.65 bits per heavy atom. The number of sulfonamides is 1. The van der Waals surface area contributed by atoms with E-state index in [2.05, 4.69) is 5.32 Å². The molecular formula is C30H36ClN3O5S. The first-order valence-corrected chi connectivity index (χ1v) is 14.8. The molecule has 0 unspecified atom stereocenters. The van der Waals surface area contributed by atoms with Gasteiger partial charge in [0, 0.05) is 18.1 Å². The highest BCUT2D eigenvalue weighted by molar-refractivity contribution is 7.92. The summed E-state index contributed by atoms with van der Waals surface area (Å²) in [5.41, 5.74) is 2.05. The Balaban J connectivity index is 2.02. The highest BCUT2D eigenvalue weighted by atomic mass is 35.5. The van der Waals surface area contributed by atoms with Gasteiger partial charge in [0.25, 0.3) is 10.0 Å². The Labute approximate surface area is 241 Å². The van der Waals surface area contributed by atoms with E-state index in [-0.39, 0.29) is 29.0 Å². The van der Waals surface area contributed by atoms with Crippen molar-refractivity contribution in [1.82, 2.24) is 10.2 Å². The Morgan fingerprint density at radius 3 is 2.25 bits per heavy atom. The predicted molar refractivity (Wildman–Crippen MR) is 158 cm³/mol. The maximum absolute atomic E-state index is 14.0. The van der Waals surface area contributed by atoms with Crippen molar-refractivity contribution in [2.24, 2.45) is 5.92 Å². The molecule has 0 aliphatic rings.